The molecule has 4 heterocycles. The maximum Gasteiger partial charge on any atom is 0.231 e. The molecule has 3 aliphatic heterocycles. The molecule has 4 rings (SSSR count). The van der Waals surface area contributed by atoms with E-state index < -0.39 is 0 Å². The number of amides is 2. The van der Waals surface area contributed by atoms with Gasteiger partial charge >= 0.3 is 0 Å². The lowest BCUT2D eigenvalue weighted by Gasteiger charge is -2.32. The molecule has 0 unspecified atom stereocenters. The Morgan fingerprint density at radius 1 is 1.46 bits per heavy atom. The van der Waals surface area contributed by atoms with Crippen molar-refractivity contribution >= 4 is 23.2 Å². The lowest BCUT2D eigenvalue weighted by Crippen LogP contribution is -2.46. The molecule has 3 fully saturated rings. The number of hydrogen-bond donors (Lipinski definition) is 0. The molecular weight excluding hydrogens is 322 g/mol. The van der Waals surface area contributed by atoms with Crippen molar-refractivity contribution in [3.05, 3.63) is 16.1 Å². The number of rotatable bonds is 3. The van der Waals surface area contributed by atoms with Gasteiger partial charge in [-0.2, -0.15) is 0 Å². The van der Waals surface area contributed by atoms with Gasteiger partial charge in [-0.25, -0.2) is 4.98 Å². The molecule has 24 heavy (non-hydrogen) atoms. The van der Waals surface area contributed by atoms with Crippen molar-refractivity contribution in [3.63, 3.8) is 0 Å². The van der Waals surface area contributed by atoms with Gasteiger partial charge in [-0.3, -0.25) is 9.59 Å². The summed E-state index contributed by atoms with van der Waals surface area (Å²) in [5.74, 6) is 0.483. The Morgan fingerprint density at radius 2 is 2.25 bits per heavy atom. The fourth-order valence-electron chi connectivity index (χ4n) is 5.00. The van der Waals surface area contributed by atoms with Gasteiger partial charge in [-0.1, -0.05) is 13.8 Å². The summed E-state index contributed by atoms with van der Waals surface area (Å²) in [6, 6.07) is 0.391. The van der Waals surface area contributed by atoms with Gasteiger partial charge in [0.1, 0.15) is 0 Å². The Hall–Kier alpha value is -1.43. The maximum atomic E-state index is 13.2. The summed E-state index contributed by atoms with van der Waals surface area (Å²) < 4.78 is 0. The molecule has 130 valence electrons. The van der Waals surface area contributed by atoms with Crippen molar-refractivity contribution in [2.24, 2.45) is 11.3 Å². The summed E-state index contributed by atoms with van der Waals surface area (Å²) in [6.45, 7) is 7.32. The fraction of sp³-hybridized carbons (Fsp3) is 0.722. The Bertz CT molecular complexity index is 686. The van der Waals surface area contributed by atoms with E-state index in [4.69, 9.17) is 0 Å². The van der Waals surface area contributed by atoms with E-state index in [2.05, 4.69) is 9.88 Å². The van der Waals surface area contributed by atoms with Crippen molar-refractivity contribution in [2.45, 2.75) is 65.1 Å². The molecule has 3 atom stereocenters. The molecule has 5 nitrogen and oxygen atoms in total. The van der Waals surface area contributed by atoms with Gasteiger partial charge in [-0.05, 0) is 32.6 Å². The summed E-state index contributed by atoms with van der Waals surface area (Å²) in [6.07, 6.45) is 3.79. The first kappa shape index (κ1) is 16.1. The van der Waals surface area contributed by atoms with Crippen LogP contribution in [0.5, 0.6) is 0 Å². The van der Waals surface area contributed by atoms with Crippen molar-refractivity contribution in [1.29, 1.82) is 0 Å². The molecule has 2 bridgehead atoms. The van der Waals surface area contributed by atoms with Gasteiger partial charge in [0, 0.05) is 29.9 Å². The third-order valence-corrected chi connectivity index (χ3v) is 6.87. The molecular formula is C18H25N3O2S. The molecule has 0 saturated carbocycles. The largest absolute Gasteiger partial charge is 0.336 e. The van der Waals surface area contributed by atoms with E-state index in [0.717, 1.165) is 42.9 Å². The van der Waals surface area contributed by atoms with Crippen molar-refractivity contribution < 1.29 is 9.59 Å². The molecule has 3 aliphatic rings. The van der Waals surface area contributed by atoms with Crippen LogP contribution in [0.3, 0.4) is 0 Å². The number of hydrogen-bond acceptors (Lipinski definition) is 4. The molecule has 2 amide bonds. The number of carbonyl (C=O) groups is 2. The molecule has 1 aromatic rings. The first-order valence-corrected chi connectivity index (χ1v) is 9.83. The SMILES string of the molecule is Cc1nc(CN2CC[C@@]3(C[C@H]4CC[C@H]3N4C(=O)C(C)C)C2=O)cs1. The zero-order chi connectivity index (χ0) is 17.1. The summed E-state index contributed by atoms with van der Waals surface area (Å²) in [7, 11) is 0. The van der Waals surface area contributed by atoms with Crippen molar-refractivity contribution in [2.75, 3.05) is 6.54 Å². The monoisotopic (exact) mass is 347 g/mol. The Balaban J connectivity index is 1.55. The first-order chi connectivity index (χ1) is 11.4. The number of fused-ring (bicyclic) bond motifs is 3. The predicted octanol–water partition coefficient (Wildman–Crippen LogP) is 2.59. The minimum Gasteiger partial charge on any atom is -0.336 e. The molecule has 6 heteroatoms. The molecule has 0 aliphatic carbocycles. The summed E-state index contributed by atoms with van der Waals surface area (Å²) in [5, 5.41) is 3.09. The van der Waals surface area contributed by atoms with Crippen LogP contribution in [-0.4, -0.2) is 45.2 Å². The van der Waals surface area contributed by atoms with E-state index in [9.17, 15) is 9.59 Å². The maximum absolute atomic E-state index is 13.2. The number of thiazole rings is 1. The zero-order valence-electron chi connectivity index (χ0n) is 14.6. The second-order valence-corrected chi connectivity index (χ2v) is 8.90. The topological polar surface area (TPSA) is 53.5 Å². The minimum atomic E-state index is -0.321. The highest BCUT2D eigenvalue weighted by atomic mass is 32.1. The summed E-state index contributed by atoms with van der Waals surface area (Å²) in [5.41, 5.74) is 0.666. The van der Waals surface area contributed by atoms with E-state index in [1.165, 1.54) is 0 Å². The normalized spacial score (nSPS) is 31.9. The van der Waals surface area contributed by atoms with Crippen LogP contribution in [0, 0.1) is 18.3 Å². The molecule has 0 N–H and O–H groups in total. The molecule has 1 spiro atoms. The average Bonchev–Trinajstić information content (AvgIpc) is 3.28. The predicted molar refractivity (Wildman–Crippen MR) is 92.4 cm³/mol. The van der Waals surface area contributed by atoms with Crippen LogP contribution >= 0.6 is 11.3 Å². The van der Waals surface area contributed by atoms with Crippen LogP contribution in [-0.2, 0) is 16.1 Å². The van der Waals surface area contributed by atoms with Crippen LogP contribution in [0.1, 0.15) is 50.2 Å². The average molecular weight is 347 g/mol. The van der Waals surface area contributed by atoms with Crippen molar-refractivity contribution in [3.8, 4) is 0 Å². The second-order valence-electron chi connectivity index (χ2n) is 7.84. The Kier molecular flexibility index (Phi) is 3.71. The number of aryl methyl sites for hydroxylation is 1. The zero-order valence-corrected chi connectivity index (χ0v) is 15.4. The van der Waals surface area contributed by atoms with E-state index in [1.807, 2.05) is 31.1 Å². The van der Waals surface area contributed by atoms with Crippen LogP contribution in [0.4, 0.5) is 0 Å². The number of carbonyl (C=O) groups excluding carboxylic acids is 2. The Labute approximate surface area is 147 Å². The lowest BCUT2D eigenvalue weighted by atomic mass is 9.72. The fourth-order valence-corrected chi connectivity index (χ4v) is 5.60. The molecule has 3 saturated heterocycles. The number of nitrogens with zero attached hydrogens (tertiary/aromatic N) is 3. The summed E-state index contributed by atoms with van der Waals surface area (Å²) >= 11 is 1.63. The van der Waals surface area contributed by atoms with E-state index >= 15 is 0 Å². The lowest BCUT2D eigenvalue weighted by molar-refractivity contribution is -0.140. The van der Waals surface area contributed by atoms with Gasteiger partial charge in [0.2, 0.25) is 11.8 Å². The van der Waals surface area contributed by atoms with Crippen molar-refractivity contribution in [1.82, 2.24) is 14.8 Å². The standard InChI is InChI=1S/C18H25N3O2S/c1-11(2)16(22)21-14-4-5-15(21)18(8-14)6-7-20(17(18)23)9-13-10-24-12(3)19-13/h10-11,14-15H,4-9H2,1-3H3/t14-,15-,18+/m1/s1. The highest BCUT2D eigenvalue weighted by Crippen LogP contribution is 2.55. The van der Waals surface area contributed by atoms with E-state index in [-0.39, 0.29) is 35.2 Å². The van der Waals surface area contributed by atoms with Crippen LogP contribution in [0.2, 0.25) is 0 Å². The van der Waals surface area contributed by atoms with E-state index in [1.54, 1.807) is 11.3 Å². The summed E-state index contributed by atoms with van der Waals surface area (Å²) in [4.78, 5) is 34.4. The molecule has 0 aromatic carbocycles. The highest BCUT2D eigenvalue weighted by molar-refractivity contribution is 7.09. The van der Waals surface area contributed by atoms with E-state index in [0.29, 0.717) is 6.54 Å². The quantitative estimate of drug-likeness (QED) is 0.844. The Morgan fingerprint density at radius 3 is 2.92 bits per heavy atom. The van der Waals surface area contributed by atoms with Gasteiger partial charge in [0.15, 0.2) is 0 Å². The number of aromatic nitrogens is 1. The smallest absolute Gasteiger partial charge is 0.231 e. The molecule has 0 radical (unpaired) electrons. The number of likely N-dealkylation sites (tertiary alicyclic amines) is 1. The second kappa shape index (κ2) is 5.55. The minimum absolute atomic E-state index is 0.00818. The van der Waals surface area contributed by atoms with Gasteiger partial charge in [0.05, 0.1) is 22.7 Å². The van der Waals surface area contributed by atoms with Gasteiger partial charge in [-0.15, -0.1) is 11.3 Å². The van der Waals surface area contributed by atoms with Gasteiger partial charge in [0.25, 0.3) is 0 Å². The first-order valence-electron chi connectivity index (χ1n) is 8.95. The van der Waals surface area contributed by atoms with Crippen LogP contribution in [0.15, 0.2) is 5.38 Å². The third-order valence-electron chi connectivity index (χ3n) is 6.05. The van der Waals surface area contributed by atoms with Crippen LogP contribution < -0.4 is 0 Å². The third kappa shape index (κ3) is 2.22. The van der Waals surface area contributed by atoms with Crippen LogP contribution in [0.25, 0.3) is 0 Å². The molecule has 1 aromatic heterocycles. The highest BCUT2D eigenvalue weighted by Gasteiger charge is 2.63. The van der Waals surface area contributed by atoms with Gasteiger partial charge < -0.3 is 9.80 Å².